The standard InChI is InChI=1S/C24H20F3N5O2/c1-4-21-28-12-16-9-19(14(3)29-22(16)31-21)18-11-17(6-5-13(18)2)30-23(33)15-7-8-32(34)20(10-15)24(25,26)27/h5-12H,4H2,1-3H3,(H,30,33). The van der Waals surface area contributed by atoms with Crippen LogP contribution in [-0.4, -0.2) is 20.9 Å². The minimum Gasteiger partial charge on any atom is -0.618 e. The Labute approximate surface area is 192 Å². The molecule has 4 rings (SSSR count). The molecule has 7 nitrogen and oxygen atoms in total. The molecule has 0 aliphatic heterocycles. The molecule has 1 amide bonds. The van der Waals surface area contributed by atoms with Crippen molar-refractivity contribution in [3.8, 4) is 11.1 Å². The number of carbonyl (C=O) groups excluding carboxylic acids is 1. The van der Waals surface area contributed by atoms with Gasteiger partial charge in [0.1, 0.15) is 5.82 Å². The number of nitrogens with zero attached hydrogens (tertiary/aromatic N) is 4. The summed E-state index contributed by atoms with van der Waals surface area (Å²) in [6.45, 7) is 5.72. The van der Waals surface area contributed by atoms with E-state index in [1.165, 1.54) is 0 Å². The number of rotatable bonds is 4. The Morgan fingerprint density at radius 3 is 2.56 bits per heavy atom. The summed E-state index contributed by atoms with van der Waals surface area (Å²) in [7, 11) is 0. The molecule has 0 unspecified atom stereocenters. The van der Waals surface area contributed by atoms with E-state index in [1.54, 1.807) is 24.4 Å². The SMILES string of the molecule is CCc1ncc2cc(-c3cc(NC(=O)c4cc[n+]([O-])c(C(F)(F)F)c4)ccc3C)c(C)nc2n1. The van der Waals surface area contributed by atoms with Gasteiger partial charge >= 0.3 is 6.18 Å². The van der Waals surface area contributed by atoms with Crippen LogP contribution in [0.1, 0.15) is 40.1 Å². The number of halogens is 3. The van der Waals surface area contributed by atoms with Gasteiger partial charge in [-0.05, 0) is 43.2 Å². The van der Waals surface area contributed by atoms with Crippen LogP contribution in [0.15, 0.2) is 48.8 Å². The first-order chi connectivity index (χ1) is 16.1. The maximum absolute atomic E-state index is 13.0. The van der Waals surface area contributed by atoms with E-state index in [9.17, 15) is 23.2 Å². The van der Waals surface area contributed by atoms with E-state index in [-0.39, 0.29) is 10.3 Å². The van der Waals surface area contributed by atoms with Crippen LogP contribution >= 0.6 is 0 Å². The number of hydrogen-bond donors (Lipinski definition) is 1. The predicted molar refractivity (Wildman–Crippen MR) is 120 cm³/mol. The lowest BCUT2D eigenvalue weighted by atomic mass is 9.98. The summed E-state index contributed by atoms with van der Waals surface area (Å²) in [5.74, 6) is -0.0695. The maximum Gasteiger partial charge on any atom is 0.478 e. The number of alkyl halides is 3. The fourth-order valence-electron chi connectivity index (χ4n) is 3.56. The van der Waals surface area contributed by atoms with Crippen LogP contribution in [0, 0.1) is 19.1 Å². The van der Waals surface area contributed by atoms with Gasteiger partial charge < -0.3 is 10.5 Å². The van der Waals surface area contributed by atoms with Gasteiger partial charge in [0.25, 0.3) is 11.6 Å². The van der Waals surface area contributed by atoms with Crippen LogP contribution < -0.4 is 10.0 Å². The van der Waals surface area contributed by atoms with Crippen molar-refractivity contribution in [1.82, 2.24) is 15.0 Å². The molecule has 4 aromatic rings. The summed E-state index contributed by atoms with van der Waals surface area (Å²) in [5.41, 5.74) is 2.50. The van der Waals surface area contributed by atoms with Gasteiger partial charge in [0.05, 0.1) is 5.56 Å². The number of aromatic nitrogens is 4. The molecule has 174 valence electrons. The zero-order valence-corrected chi connectivity index (χ0v) is 18.6. The average Bonchev–Trinajstić information content (AvgIpc) is 2.79. The van der Waals surface area contributed by atoms with Crippen molar-refractivity contribution in [1.29, 1.82) is 0 Å². The van der Waals surface area contributed by atoms with E-state index in [0.29, 0.717) is 35.8 Å². The summed E-state index contributed by atoms with van der Waals surface area (Å²) in [6, 6.07) is 8.66. The van der Waals surface area contributed by atoms with Crippen LogP contribution in [0.5, 0.6) is 0 Å². The molecule has 0 saturated carbocycles. The molecule has 1 N–H and O–H groups in total. The highest BCUT2D eigenvalue weighted by Gasteiger charge is 2.40. The van der Waals surface area contributed by atoms with Crippen LogP contribution in [-0.2, 0) is 12.6 Å². The first kappa shape index (κ1) is 23.1. The number of anilines is 1. The Hall–Kier alpha value is -4.08. The molecular weight excluding hydrogens is 447 g/mol. The average molecular weight is 467 g/mol. The zero-order valence-electron chi connectivity index (χ0n) is 18.6. The van der Waals surface area contributed by atoms with Gasteiger partial charge in [0.2, 0.25) is 0 Å². The maximum atomic E-state index is 13.0. The topological polar surface area (TPSA) is 94.7 Å². The van der Waals surface area contributed by atoms with Gasteiger partial charge in [0, 0.05) is 47.1 Å². The molecule has 0 aliphatic rings. The number of carbonyl (C=O) groups is 1. The summed E-state index contributed by atoms with van der Waals surface area (Å²) in [4.78, 5) is 26.0. The van der Waals surface area contributed by atoms with Gasteiger partial charge in [-0.3, -0.25) is 4.79 Å². The highest BCUT2D eigenvalue weighted by atomic mass is 19.4. The largest absolute Gasteiger partial charge is 0.618 e. The molecule has 0 radical (unpaired) electrons. The van der Waals surface area contributed by atoms with E-state index >= 15 is 0 Å². The third-order valence-electron chi connectivity index (χ3n) is 5.38. The minimum absolute atomic E-state index is 0.283. The molecule has 0 atom stereocenters. The van der Waals surface area contributed by atoms with E-state index in [2.05, 4.69) is 20.3 Å². The molecule has 0 saturated heterocycles. The van der Waals surface area contributed by atoms with Crippen molar-refractivity contribution in [3.05, 3.63) is 82.3 Å². The quantitative estimate of drug-likeness (QED) is 0.345. The first-order valence-electron chi connectivity index (χ1n) is 10.4. The Bertz CT molecular complexity index is 1420. The van der Waals surface area contributed by atoms with Crippen molar-refractivity contribution in [2.45, 2.75) is 33.4 Å². The van der Waals surface area contributed by atoms with E-state index in [1.807, 2.05) is 26.8 Å². The molecule has 0 spiro atoms. The Kier molecular flexibility index (Phi) is 5.90. The molecule has 3 aromatic heterocycles. The third kappa shape index (κ3) is 4.52. The number of nitrogens with one attached hydrogen (secondary N) is 1. The predicted octanol–water partition coefficient (Wildman–Crippen LogP) is 4.78. The molecule has 0 bridgehead atoms. The Morgan fingerprint density at radius 2 is 1.85 bits per heavy atom. The van der Waals surface area contributed by atoms with Crippen LogP contribution in [0.4, 0.5) is 18.9 Å². The van der Waals surface area contributed by atoms with Crippen molar-refractivity contribution in [3.63, 3.8) is 0 Å². The molecule has 0 fully saturated rings. The van der Waals surface area contributed by atoms with E-state index in [4.69, 9.17) is 0 Å². The second-order valence-corrected chi connectivity index (χ2v) is 7.78. The van der Waals surface area contributed by atoms with Gasteiger partial charge in [-0.1, -0.05) is 13.0 Å². The normalized spacial score (nSPS) is 11.6. The van der Waals surface area contributed by atoms with Crippen LogP contribution in [0.25, 0.3) is 22.2 Å². The van der Waals surface area contributed by atoms with Gasteiger partial charge in [-0.15, -0.1) is 0 Å². The number of benzene rings is 1. The van der Waals surface area contributed by atoms with Crippen LogP contribution in [0.2, 0.25) is 0 Å². The lowest BCUT2D eigenvalue weighted by molar-refractivity contribution is -0.629. The summed E-state index contributed by atoms with van der Waals surface area (Å²) >= 11 is 0. The Morgan fingerprint density at radius 1 is 1.09 bits per heavy atom. The van der Waals surface area contributed by atoms with Crippen molar-refractivity contribution in [2.75, 3.05) is 5.32 Å². The summed E-state index contributed by atoms with van der Waals surface area (Å²) in [6.07, 6.45) is -1.81. The number of hydrogen-bond acceptors (Lipinski definition) is 5. The fourth-order valence-corrected chi connectivity index (χ4v) is 3.56. The van der Waals surface area contributed by atoms with E-state index < -0.39 is 17.8 Å². The first-order valence-corrected chi connectivity index (χ1v) is 10.4. The van der Waals surface area contributed by atoms with Crippen LogP contribution in [0.3, 0.4) is 0 Å². The van der Waals surface area contributed by atoms with Crippen molar-refractivity contribution < 1.29 is 22.7 Å². The van der Waals surface area contributed by atoms with Crippen molar-refractivity contribution >= 4 is 22.6 Å². The van der Waals surface area contributed by atoms with Crippen molar-refractivity contribution in [2.24, 2.45) is 0 Å². The van der Waals surface area contributed by atoms with Gasteiger partial charge in [0.15, 0.2) is 11.8 Å². The van der Waals surface area contributed by atoms with E-state index in [0.717, 1.165) is 33.8 Å². The highest BCUT2D eigenvalue weighted by molar-refractivity contribution is 6.04. The number of fused-ring (bicyclic) bond motifs is 1. The third-order valence-corrected chi connectivity index (χ3v) is 5.38. The lowest BCUT2D eigenvalue weighted by Crippen LogP contribution is -2.37. The second-order valence-electron chi connectivity index (χ2n) is 7.78. The second kappa shape index (κ2) is 8.69. The number of aryl methyl sites for hydroxylation is 3. The molecule has 34 heavy (non-hydrogen) atoms. The molecule has 0 aliphatic carbocycles. The van der Waals surface area contributed by atoms with Gasteiger partial charge in [-0.2, -0.15) is 17.9 Å². The molecule has 10 heteroatoms. The van der Waals surface area contributed by atoms with Gasteiger partial charge in [-0.25, -0.2) is 15.0 Å². The monoisotopic (exact) mass is 467 g/mol. The highest BCUT2D eigenvalue weighted by Crippen LogP contribution is 2.31. The Balaban J connectivity index is 1.68. The molecule has 1 aromatic carbocycles. The fraction of sp³-hybridized carbons (Fsp3) is 0.208. The number of pyridine rings is 2. The number of amides is 1. The summed E-state index contributed by atoms with van der Waals surface area (Å²) < 4.78 is 38.8. The zero-order chi connectivity index (χ0) is 24.6. The summed E-state index contributed by atoms with van der Waals surface area (Å²) in [5, 5.41) is 14.8. The lowest BCUT2D eigenvalue weighted by Gasteiger charge is -2.13. The minimum atomic E-state index is -4.88. The smallest absolute Gasteiger partial charge is 0.478 e. The molecule has 3 heterocycles. The molecular formula is C24H20F3N5O2.